The van der Waals surface area contributed by atoms with Crippen molar-refractivity contribution in [3.8, 4) is 0 Å². The summed E-state index contributed by atoms with van der Waals surface area (Å²) in [5.74, 6) is -0.0647. The standard InChI is InChI=1S/C34H67NO3/c1-3-5-7-9-11-13-15-17-18-20-22-24-26-28-30-34(38)35-32(31-36)33(37)29-27-25-23-21-19-16-14-12-10-8-6-4-2/h27,29,32-33,36-37H,3-26,28,30-31H2,1-2H3,(H,35,38)/b29-27+. The Balaban J connectivity index is 3.62. The van der Waals surface area contributed by atoms with Crippen LogP contribution in [0.1, 0.15) is 181 Å². The molecule has 0 aromatic carbocycles. The van der Waals surface area contributed by atoms with Gasteiger partial charge in [0.1, 0.15) is 0 Å². The molecule has 0 aromatic rings. The summed E-state index contributed by atoms with van der Waals surface area (Å²) < 4.78 is 0. The highest BCUT2D eigenvalue weighted by Crippen LogP contribution is 2.14. The van der Waals surface area contributed by atoms with E-state index in [1.165, 1.54) is 135 Å². The van der Waals surface area contributed by atoms with Crippen LogP contribution in [0.15, 0.2) is 12.2 Å². The zero-order valence-electron chi connectivity index (χ0n) is 25.7. The third-order valence-electron chi connectivity index (χ3n) is 7.77. The highest BCUT2D eigenvalue weighted by molar-refractivity contribution is 5.76. The molecule has 0 rings (SSSR count). The highest BCUT2D eigenvalue weighted by Gasteiger charge is 2.17. The molecule has 0 aromatic heterocycles. The fourth-order valence-corrected chi connectivity index (χ4v) is 5.12. The molecule has 0 aliphatic rings. The van der Waals surface area contributed by atoms with Crippen LogP contribution in [0.3, 0.4) is 0 Å². The van der Waals surface area contributed by atoms with E-state index in [1.54, 1.807) is 6.08 Å². The molecule has 4 heteroatoms. The predicted octanol–water partition coefficient (Wildman–Crippen LogP) is 9.56. The number of carbonyl (C=O) groups is 1. The van der Waals surface area contributed by atoms with Crippen molar-refractivity contribution in [2.75, 3.05) is 6.61 Å². The van der Waals surface area contributed by atoms with Gasteiger partial charge in [-0.2, -0.15) is 0 Å². The molecule has 0 aliphatic heterocycles. The zero-order chi connectivity index (χ0) is 27.9. The van der Waals surface area contributed by atoms with Crippen LogP contribution in [-0.4, -0.2) is 34.9 Å². The number of aliphatic hydroxyl groups excluding tert-OH is 2. The van der Waals surface area contributed by atoms with Gasteiger partial charge < -0.3 is 15.5 Å². The minimum Gasteiger partial charge on any atom is -0.394 e. The Hall–Kier alpha value is -0.870. The smallest absolute Gasteiger partial charge is 0.220 e. The summed E-state index contributed by atoms with van der Waals surface area (Å²) in [6.07, 6.45) is 35.7. The summed E-state index contributed by atoms with van der Waals surface area (Å²) in [6, 6.07) is -0.613. The maximum Gasteiger partial charge on any atom is 0.220 e. The van der Waals surface area contributed by atoms with Gasteiger partial charge in [0.25, 0.3) is 0 Å². The van der Waals surface area contributed by atoms with E-state index in [4.69, 9.17) is 0 Å². The van der Waals surface area contributed by atoms with Gasteiger partial charge in [-0.3, -0.25) is 4.79 Å². The molecular weight excluding hydrogens is 470 g/mol. The van der Waals surface area contributed by atoms with E-state index in [1.807, 2.05) is 6.08 Å². The first kappa shape index (κ1) is 37.1. The normalized spacial score (nSPS) is 13.3. The third kappa shape index (κ3) is 26.7. The lowest BCUT2D eigenvalue weighted by molar-refractivity contribution is -0.123. The molecule has 0 aliphatic carbocycles. The Morgan fingerprint density at radius 1 is 0.605 bits per heavy atom. The van der Waals surface area contributed by atoms with Crippen molar-refractivity contribution in [3.05, 3.63) is 12.2 Å². The molecule has 0 saturated heterocycles. The largest absolute Gasteiger partial charge is 0.394 e. The Bertz CT molecular complexity index is 508. The maximum absolute atomic E-state index is 12.3. The van der Waals surface area contributed by atoms with Crippen LogP contribution < -0.4 is 5.32 Å². The molecule has 0 spiro atoms. The minimum atomic E-state index is -0.830. The Morgan fingerprint density at radius 3 is 1.37 bits per heavy atom. The van der Waals surface area contributed by atoms with Crippen molar-refractivity contribution in [3.63, 3.8) is 0 Å². The molecule has 4 nitrogen and oxygen atoms in total. The monoisotopic (exact) mass is 538 g/mol. The van der Waals surface area contributed by atoms with Crippen LogP contribution in [0.5, 0.6) is 0 Å². The minimum absolute atomic E-state index is 0.0647. The number of aliphatic hydroxyl groups is 2. The van der Waals surface area contributed by atoms with E-state index in [0.29, 0.717) is 6.42 Å². The second-order valence-corrected chi connectivity index (χ2v) is 11.6. The lowest BCUT2D eigenvalue weighted by atomic mass is 10.0. The number of hydrogen-bond acceptors (Lipinski definition) is 3. The van der Waals surface area contributed by atoms with Crippen LogP contribution in [0.2, 0.25) is 0 Å². The first-order chi connectivity index (χ1) is 18.7. The second-order valence-electron chi connectivity index (χ2n) is 11.6. The molecule has 0 saturated carbocycles. The van der Waals surface area contributed by atoms with Gasteiger partial charge in [0, 0.05) is 6.42 Å². The number of allylic oxidation sites excluding steroid dienone is 1. The van der Waals surface area contributed by atoms with Gasteiger partial charge in [-0.1, -0.05) is 167 Å². The molecule has 1 amide bonds. The first-order valence-corrected chi connectivity index (χ1v) is 16.9. The van der Waals surface area contributed by atoms with Crippen molar-refractivity contribution in [1.82, 2.24) is 5.32 Å². The van der Waals surface area contributed by atoms with Gasteiger partial charge >= 0.3 is 0 Å². The molecule has 0 radical (unpaired) electrons. The first-order valence-electron chi connectivity index (χ1n) is 16.9. The second kappa shape index (κ2) is 30.7. The Kier molecular flexibility index (Phi) is 30.0. The molecule has 0 fully saturated rings. The number of rotatable bonds is 30. The quantitative estimate of drug-likeness (QED) is 0.0631. The van der Waals surface area contributed by atoms with Crippen molar-refractivity contribution in [2.24, 2.45) is 0 Å². The number of carbonyl (C=O) groups excluding carboxylic acids is 1. The topological polar surface area (TPSA) is 69.6 Å². The van der Waals surface area contributed by atoms with Gasteiger partial charge in [-0.25, -0.2) is 0 Å². The molecule has 2 unspecified atom stereocenters. The summed E-state index contributed by atoms with van der Waals surface area (Å²) in [5.41, 5.74) is 0. The summed E-state index contributed by atoms with van der Waals surface area (Å²) in [7, 11) is 0. The summed E-state index contributed by atoms with van der Waals surface area (Å²) in [6.45, 7) is 4.29. The van der Waals surface area contributed by atoms with E-state index >= 15 is 0 Å². The van der Waals surface area contributed by atoms with E-state index in [9.17, 15) is 15.0 Å². The van der Waals surface area contributed by atoms with Crippen molar-refractivity contribution in [2.45, 2.75) is 193 Å². The van der Waals surface area contributed by atoms with Gasteiger partial charge in [-0.05, 0) is 19.3 Å². The summed E-state index contributed by atoms with van der Waals surface area (Å²) in [5, 5.41) is 22.8. The lowest BCUT2D eigenvalue weighted by Gasteiger charge is -2.20. The van der Waals surface area contributed by atoms with E-state index in [0.717, 1.165) is 25.7 Å². The van der Waals surface area contributed by atoms with Gasteiger partial charge in [0.15, 0.2) is 0 Å². The summed E-state index contributed by atoms with van der Waals surface area (Å²) in [4.78, 5) is 12.3. The molecule has 0 bridgehead atoms. The Morgan fingerprint density at radius 2 is 0.974 bits per heavy atom. The van der Waals surface area contributed by atoms with Crippen LogP contribution >= 0.6 is 0 Å². The van der Waals surface area contributed by atoms with E-state index in [-0.39, 0.29) is 12.5 Å². The van der Waals surface area contributed by atoms with Gasteiger partial charge in [0.05, 0.1) is 18.8 Å². The fourth-order valence-electron chi connectivity index (χ4n) is 5.12. The predicted molar refractivity (Wildman–Crippen MR) is 166 cm³/mol. The highest BCUT2D eigenvalue weighted by atomic mass is 16.3. The van der Waals surface area contributed by atoms with Crippen LogP contribution in [0.4, 0.5) is 0 Å². The number of amides is 1. The van der Waals surface area contributed by atoms with Crippen molar-refractivity contribution in [1.29, 1.82) is 0 Å². The van der Waals surface area contributed by atoms with E-state index in [2.05, 4.69) is 19.2 Å². The number of unbranched alkanes of at least 4 members (excludes halogenated alkanes) is 23. The van der Waals surface area contributed by atoms with Gasteiger partial charge in [-0.15, -0.1) is 0 Å². The summed E-state index contributed by atoms with van der Waals surface area (Å²) >= 11 is 0. The van der Waals surface area contributed by atoms with Crippen LogP contribution in [0.25, 0.3) is 0 Å². The number of hydrogen-bond donors (Lipinski definition) is 3. The number of nitrogens with one attached hydrogen (secondary N) is 1. The van der Waals surface area contributed by atoms with E-state index < -0.39 is 12.1 Å². The fraction of sp³-hybridized carbons (Fsp3) is 0.912. The third-order valence-corrected chi connectivity index (χ3v) is 7.77. The van der Waals surface area contributed by atoms with Crippen molar-refractivity contribution >= 4 is 5.91 Å². The van der Waals surface area contributed by atoms with Gasteiger partial charge in [0.2, 0.25) is 5.91 Å². The van der Waals surface area contributed by atoms with Crippen LogP contribution in [0, 0.1) is 0 Å². The van der Waals surface area contributed by atoms with Crippen molar-refractivity contribution < 1.29 is 15.0 Å². The zero-order valence-corrected chi connectivity index (χ0v) is 25.7. The Labute approximate surface area is 237 Å². The molecule has 226 valence electrons. The molecule has 3 N–H and O–H groups in total. The average molecular weight is 538 g/mol. The average Bonchev–Trinajstić information content (AvgIpc) is 2.92. The SMILES string of the molecule is CCCCCCCCCCCC/C=C/C(O)C(CO)NC(=O)CCCCCCCCCCCCCCCC. The van der Waals surface area contributed by atoms with Crippen LogP contribution in [-0.2, 0) is 4.79 Å². The lowest BCUT2D eigenvalue weighted by Crippen LogP contribution is -2.45. The molecular formula is C34H67NO3. The molecule has 0 heterocycles. The maximum atomic E-state index is 12.3. The molecule has 2 atom stereocenters. The molecule has 38 heavy (non-hydrogen) atoms.